The molecule has 0 fully saturated rings. The highest BCUT2D eigenvalue weighted by atomic mass is 32.2. The largest absolute Gasteiger partial charge is 0.271 e. The Hall–Kier alpha value is -0.430. The Morgan fingerprint density at radius 3 is 2.56 bits per heavy atom. The SMILES string of the molecule is CCS(=O)(=O)CCCC(NN)c1cc(C)c(C)s1. The van der Waals surface area contributed by atoms with Gasteiger partial charge in [0, 0.05) is 15.5 Å². The molecular formula is C12H22N2O2S2. The summed E-state index contributed by atoms with van der Waals surface area (Å²) in [5.41, 5.74) is 4.04. The predicted octanol–water partition coefficient (Wildman–Crippen LogP) is 2.08. The zero-order valence-corrected chi connectivity index (χ0v) is 12.8. The van der Waals surface area contributed by atoms with Crippen molar-refractivity contribution in [3.63, 3.8) is 0 Å². The molecule has 1 rings (SSSR count). The number of sulfone groups is 1. The monoisotopic (exact) mass is 290 g/mol. The number of hydrogen-bond donors (Lipinski definition) is 2. The molecule has 1 aromatic heterocycles. The van der Waals surface area contributed by atoms with Crippen molar-refractivity contribution in [3.05, 3.63) is 21.4 Å². The van der Waals surface area contributed by atoms with Gasteiger partial charge in [0.05, 0.1) is 11.8 Å². The first kappa shape index (κ1) is 15.6. The summed E-state index contributed by atoms with van der Waals surface area (Å²) >= 11 is 1.72. The van der Waals surface area contributed by atoms with Crippen LogP contribution in [0.2, 0.25) is 0 Å². The summed E-state index contributed by atoms with van der Waals surface area (Å²) in [6, 6.07) is 2.17. The first-order valence-corrected chi connectivity index (χ1v) is 8.77. The van der Waals surface area contributed by atoms with E-state index >= 15 is 0 Å². The second-order valence-electron chi connectivity index (χ2n) is 4.49. The summed E-state index contributed by atoms with van der Waals surface area (Å²) in [6.07, 6.45) is 1.39. The Balaban J connectivity index is 2.58. The minimum absolute atomic E-state index is 0.0504. The molecular weight excluding hydrogens is 268 g/mol. The fourth-order valence-corrected chi connectivity index (χ4v) is 3.77. The highest BCUT2D eigenvalue weighted by Gasteiger charge is 2.15. The van der Waals surface area contributed by atoms with E-state index in [0.29, 0.717) is 6.42 Å². The Kier molecular flexibility index (Phi) is 5.78. The Morgan fingerprint density at radius 2 is 2.11 bits per heavy atom. The van der Waals surface area contributed by atoms with Crippen molar-refractivity contribution in [3.8, 4) is 0 Å². The Labute approximate surface area is 113 Å². The maximum absolute atomic E-state index is 11.4. The Morgan fingerprint density at radius 1 is 1.44 bits per heavy atom. The number of nitrogens with two attached hydrogens (primary N) is 1. The molecule has 0 bridgehead atoms. The minimum Gasteiger partial charge on any atom is -0.271 e. The molecule has 1 unspecified atom stereocenters. The van der Waals surface area contributed by atoms with Crippen LogP contribution in [0.5, 0.6) is 0 Å². The number of hydrazine groups is 1. The quantitative estimate of drug-likeness (QED) is 0.596. The molecule has 0 aliphatic heterocycles. The average Bonchev–Trinajstić information content (AvgIpc) is 2.65. The van der Waals surface area contributed by atoms with Crippen molar-refractivity contribution >= 4 is 21.2 Å². The molecule has 1 aromatic rings. The predicted molar refractivity (Wildman–Crippen MR) is 77.4 cm³/mol. The van der Waals surface area contributed by atoms with Crippen LogP contribution < -0.4 is 11.3 Å². The molecule has 1 atom stereocenters. The lowest BCUT2D eigenvalue weighted by Gasteiger charge is -2.13. The van der Waals surface area contributed by atoms with Gasteiger partial charge < -0.3 is 0 Å². The number of rotatable bonds is 7. The van der Waals surface area contributed by atoms with E-state index in [-0.39, 0.29) is 17.5 Å². The Bertz CT molecular complexity index is 461. The second-order valence-corrected chi connectivity index (χ2v) is 8.25. The van der Waals surface area contributed by atoms with E-state index in [9.17, 15) is 8.42 Å². The maximum Gasteiger partial charge on any atom is 0.150 e. The molecule has 0 aliphatic carbocycles. The van der Waals surface area contributed by atoms with Crippen LogP contribution in [0.4, 0.5) is 0 Å². The van der Waals surface area contributed by atoms with E-state index in [1.165, 1.54) is 15.3 Å². The summed E-state index contributed by atoms with van der Waals surface area (Å²) < 4.78 is 22.8. The van der Waals surface area contributed by atoms with Crippen molar-refractivity contribution < 1.29 is 8.42 Å². The number of hydrogen-bond acceptors (Lipinski definition) is 5. The molecule has 0 amide bonds. The van der Waals surface area contributed by atoms with Crippen molar-refractivity contribution in [1.82, 2.24) is 5.43 Å². The third-order valence-electron chi connectivity index (χ3n) is 3.12. The third kappa shape index (κ3) is 4.35. The highest BCUT2D eigenvalue weighted by molar-refractivity contribution is 7.91. The van der Waals surface area contributed by atoms with Crippen molar-refractivity contribution in [2.45, 2.75) is 39.7 Å². The van der Waals surface area contributed by atoms with Gasteiger partial charge in [-0.2, -0.15) is 0 Å². The molecule has 0 radical (unpaired) electrons. The van der Waals surface area contributed by atoms with Gasteiger partial charge in [-0.05, 0) is 38.3 Å². The van der Waals surface area contributed by atoms with Crippen LogP contribution in [0.15, 0.2) is 6.07 Å². The van der Waals surface area contributed by atoms with E-state index in [0.717, 1.165) is 6.42 Å². The smallest absolute Gasteiger partial charge is 0.150 e. The van der Waals surface area contributed by atoms with Crippen LogP contribution >= 0.6 is 11.3 Å². The lowest BCUT2D eigenvalue weighted by Crippen LogP contribution is -2.27. The van der Waals surface area contributed by atoms with Crippen molar-refractivity contribution in [2.24, 2.45) is 5.84 Å². The zero-order chi connectivity index (χ0) is 13.8. The van der Waals surface area contributed by atoms with Gasteiger partial charge in [-0.25, -0.2) is 8.42 Å². The van der Waals surface area contributed by atoms with Gasteiger partial charge in [0.1, 0.15) is 9.84 Å². The topological polar surface area (TPSA) is 72.2 Å². The summed E-state index contributed by atoms with van der Waals surface area (Å²) in [5.74, 6) is 6.01. The lowest BCUT2D eigenvalue weighted by molar-refractivity contribution is 0.514. The molecule has 18 heavy (non-hydrogen) atoms. The molecule has 4 nitrogen and oxygen atoms in total. The van der Waals surface area contributed by atoms with E-state index in [2.05, 4.69) is 25.3 Å². The molecule has 0 saturated carbocycles. The minimum atomic E-state index is -2.87. The van der Waals surface area contributed by atoms with Crippen LogP contribution in [0.3, 0.4) is 0 Å². The fourth-order valence-electron chi connectivity index (χ4n) is 1.73. The van der Waals surface area contributed by atoms with E-state index < -0.39 is 9.84 Å². The lowest BCUT2D eigenvalue weighted by atomic mass is 10.1. The summed E-state index contributed by atoms with van der Waals surface area (Å²) in [4.78, 5) is 2.47. The van der Waals surface area contributed by atoms with Gasteiger partial charge >= 0.3 is 0 Å². The van der Waals surface area contributed by atoms with E-state index in [1.807, 2.05) is 0 Å². The van der Waals surface area contributed by atoms with Gasteiger partial charge in [-0.3, -0.25) is 11.3 Å². The molecule has 0 spiro atoms. The number of nitrogens with one attached hydrogen (secondary N) is 1. The molecule has 0 saturated heterocycles. The summed E-state index contributed by atoms with van der Waals surface area (Å²) in [5, 5.41) is 0. The summed E-state index contributed by atoms with van der Waals surface area (Å²) in [7, 11) is -2.87. The van der Waals surface area contributed by atoms with Crippen LogP contribution in [0.25, 0.3) is 0 Å². The van der Waals surface area contributed by atoms with Crippen LogP contribution in [0.1, 0.15) is 41.1 Å². The molecule has 104 valence electrons. The van der Waals surface area contributed by atoms with Gasteiger partial charge in [0.2, 0.25) is 0 Å². The number of thiophene rings is 1. The van der Waals surface area contributed by atoms with Crippen LogP contribution in [-0.2, 0) is 9.84 Å². The molecule has 0 aliphatic rings. The molecule has 1 heterocycles. The van der Waals surface area contributed by atoms with Crippen molar-refractivity contribution in [1.29, 1.82) is 0 Å². The third-order valence-corrected chi connectivity index (χ3v) is 6.17. The second kappa shape index (κ2) is 6.65. The molecule has 3 N–H and O–H groups in total. The van der Waals surface area contributed by atoms with Gasteiger partial charge in [-0.1, -0.05) is 6.92 Å². The highest BCUT2D eigenvalue weighted by Crippen LogP contribution is 2.28. The van der Waals surface area contributed by atoms with Gasteiger partial charge in [0.15, 0.2) is 0 Å². The fraction of sp³-hybridized carbons (Fsp3) is 0.667. The van der Waals surface area contributed by atoms with Gasteiger partial charge in [0.25, 0.3) is 0 Å². The first-order chi connectivity index (χ1) is 8.39. The van der Waals surface area contributed by atoms with E-state index in [4.69, 9.17) is 5.84 Å². The van der Waals surface area contributed by atoms with Crippen LogP contribution in [-0.4, -0.2) is 19.9 Å². The number of aryl methyl sites for hydroxylation is 2. The van der Waals surface area contributed by atoms with Crippen molar-refractivity contribution in [2.75, 3.05) is 11.5 Å². The summed E-state index contributed by atoms with van der Waals surface area (Å²) in [6.45, 7) is 5.84. The molecule has 0 aromatic carbocycles. The zero-order valence-electron chi connectivity index (χ0n) is 11.2. The van der Waals surface area contributed by atoms with Crippen LogP contribution in [0, 0.1) is 13.8 Å². The molecule has 6 heteroatoms. The maximum atomic E-state index is 11.4. The van der Waals surface area contributed by atoms with Gasteiger partial charge in [-0.15, -0.1) is 11.3 Å². The first-order valence-electron chi connectivity index (χ1n) is 6.13. The van der Waals surface area contributed by atoms with E-state index in [1.54, 1.807) is 18.3 Å². The standard InChI is InChI=1S/C12H22N2O2S2/c1-4-18(15,16)7-5-6-11(14-13)12-8-9(2)10(3)17-12/h8,11,14H,4-7,13H2,1-3H3. The normalized spacial score (nSPS) is 13.8. The average molecular weight is 290 g/mol.